The van der Waals surface area contributed by atoms with E-state index in [0.717, 1.165) is 17.7 Å². The zero-order valence-corrected chi connectivity index (χ0v) is 9.64. The van der Waals surface area contributed by atoms with Gasteiger partial charge in [0, 0.05) is 5.69 Å². The molecule has 1 aromatic rings. The number of allylic oxidation sites excluding steroid dienone is 1. The second-order valence-corrected chi connectivity index (χ2v) is 4.00. The van der Waals surface area contributed by atoms with E-state index in [1.165, 1.54) is 11.8 Å². The van der Waals surface area contributed by atoms with Crippen molar-refractivity contribution in [3.05, 3.63) is 42.5 Å². The molecule has 0 atom stereocenters. The van der Waals surface area contributed by atoms with Gasteiger partial charge in [-0.1, -0.05) is 24.3 Å². The van der Waals surface area contributed by atoms with Crippen molar-refractivity contribution in [3.8, 4) is 0 Å². The minimum atomic E-state index is 0.0408. The molecule has 0 saturated carbocycles. The first-order chi connectivity index (χ1) is 7.27. The molecule has 0 unspecified atom stereocenters. The second-order valence-electron chi connectivity index (χ2n) is 3.13. The number of rotatable bonds is 5. The van der Waals surface area contributed by atoms with Crippen LogP contribution in [0.3, 0.4) is 0 Å². The van der Waals surface area contributed by atoms with Crippen LogP contribution in [0.15, 0.2) is 36.9 Å². The van der Waals surface area contributed by atoms with E-state index in [1.807, 2.05) is 36.6 Å². The van der Waals surface area contributed by atoms with Gasteiger partial charge in [-0.2, -0.15) is 11.8 Å². The summed E-state index contributed by atoms with van der Waals surface area (Å²) in [6, 6.07) is 7.79. The fourth-order valence-corrected chi connectivity index (χ4v) is 1.63. The minimum absolute atomic E-state index is 0.0408. The van der Waals surface area contributed by atoms with Gasteiger partial charge in [-0.3, -0.25) is 4.79 Å². The fourth-order valence-electron chi connectivity index (χ4n) is 1.29. The number of hydrogen-bond donors (Lipinski definition) is 1. The summed E-state index contributed by atoms with van der Waals surface area (Å²) in [5, 5.41) is 2.89. The molecule has 0 heterocycles. The first-order valence-corrected chi connectivity index (χ1v) is 6.15. The van der Waals surface area contributed by atoms with Gasteiger partial charge < -0.3 is 5.32 Å². The molecule has 1 aromatic carbocycles. The van der Waals surface area contributed by atoms with E-state index in [-0.39, 0.29) is 5.91 Å². The Labute approximate surface area is 94.8 Å². The number of para-hydroxylation sites is 1. The lowest BCUT2D eigenvalue weighted by Gasteiger charge is -2.08. The Morgan fingerprint density at radius 3 is 2.93 bits per heavy atom. The van der Waals surface area contributed by atoms with Gasteiger partial charge >= 0.3 is 0 Å². The van der Waals surface area contributed by atoms with Gasteiger partial charge in [-0.05, 0) is 24.3 Å². The van der Waals surface area contributed by atoms with E-state index in [0.29, 0.717) is 5.75 Å². The molecule has 0 aliphatic heterocycles. The van der Waals surface area contributed by atoms with Crippen LogP contribution in [0.5, 0.6) is 0 Å². The second kappa shape index (κ2) is 6.30. The third-order valence-electron chi connectivity index (χ3n) is 1.93. The van der Waals surface area contributed by atoms with Crippen molar-refractivity contribution in [1.82, 2.24) is 0 Å². The predicted molar refractivity (Wildman–Crippen MR) is 67.4 cm³/mol. The Balaban J connectivity index is 2.74. The molecule has 0 fully saturated rings. The number of carbonyl (C=O) groups excluding carboxylic acids is 1. The Morgan fingerprint density at radius 2 is 2.27 bits per heavy atom. The summed E-state index contributed by atoms with van der Waals surface area (Å²) in [6.45, 7) is 3.70. The normalized spacial score (nSPS) is 9.67. The molecule has 15 heavy (non-hydrogen) atoms. The Bertz CT molecular complexity index is 349. The van der Waals surface area contributed by atoms with Gasteiger partial charge in [0.1, 0.15) is 0 Å². The summed E-state index contributed by atoms with van der Waals surface area (Å²) in [5.74, 6) is 0.529. The minimum Gasteiger partial charge on any atom is -0.325 e. The summed E-state index contributed by atoms with van der Waals surface area (Å²) < 4.78 is 0. The number of benzene rings is 1. The van der Waals surface area contributed by atoms with Gasteiger partial charge in [0.05, 0.1) is 5.75 Å². The number of hydrogen-bond acceptors (Lipinski definition) is 2. The SMILES string of the molecule is C=CCc1ccccc1NC(=O)CSC. The molecule has 80 valence electrons. The molecule has 1 amide bonds. The Hall–Kier alpha value is -1.22. The van der Waals surface area contributed by atoms with E-state index < -0.39 is 0 Å². The van der Waals surface area contributed by atoms with Crippen LogP contribution < -0.4 is 5.32 Å². The summed E-state index contributed by atoms with van der Waals surface area (Å²) in [6.07, 6.45) is 4.52. The maximum atomic E-state index is 11.4. The van der Waals surface area contributed by atoms with Gasteiger partial charge in [0.25, 0.3) is 0 Å². The highest BCUT2D eigenvalue weighted by molar-refractivity contribution is 7.99. The van der Waals surface area contributed by atoms with Crippen LogP contribution in [0.2, 0.25) is 0 Å². The van der Waals surface area contributed by atoms with E-state index >= 15 is 0 Å². The number of carbonyl (C=O) groups is 1. The van der Waals surface area contributed by atoms with Gasteiger partial charge in [-0.15, -0.1) is 6.58 Å². The first kappa shape index (κ1) is 11.9. The Kier molecular flexibility index (Phi) is 4.98. The molecule has 0 bridgehead atoms. The van der Waals surface area contributed by atoms with E-state index in [1.54, 1.807) is 0 Å². The molecule has 0 aliphatic carbocycles. The quantitative estimate of drug-likeness (QED) is 0.775. The van der Waals surface area contributed by atoms with Crippen molar-refractivity contribution in [2.45, 2.75) is 6.42 Å². The van der Waals surface area contributed by atoms with Crippen LogP contribution in [0.4, 0.5) is 5.69 Å². The first-order valence-electron chi connectivity index (χ1n) is 4.75. The van der Waals surface area contributed by atoms with E-state index in [4.69, 9.17) is 0 Å². The molecule has 2 nitrogen and oxygen atoms in total. The van der Waals surface area contributed by atoms with Gasteiger partial charge in [0.15, 0.2) is 0 Å². The molecular weight excluding hydrogens is 206 g/mol. The highest BCUT2D eigenvalue weighted by Crippen LogP contribution is 2.16. The number of amides is 1. The molecule has 0 radical (unpaired) electrons. The molecule has 0 saturated heterocycles. The standard InChI is InChI=1S/C12H15NOS/c1-3-6-10-7-4-5-8-11(10)13-12(14)9-15-2/h3-5,7-8H,1,6,9H2,2H3,(H,13,14). The molecule has 1 N–H and O–H groups in total. The van der Waals surface area contributed by atoms with Crippen LogP contribution >= 0.6 is 11.8 Å². The number of thioether (sulfide) groups is 1. The largest absolute Gasteiger partial charge is 0.325 e. The summed E-state index contributed by atoms with van der Waals surface area (Å²) in [7, 11) is 0. The maximum absolute atomic E-state index is 11.4. The fraction of sp³-hybridized carbons (Fsp3) is 0.250. The van der Waals surface area contributed by atoms with Crippen LogP contribution in [0.1, 0.15) is 5.56 Å². The lowest BCUT2D eigenvalue weighted by molar-refractivity contribution is -0.113. The molecule has 3 heteroatoms. The summed E-state index contributed by atoms with van der Waals surface area (Å²) in [5.41, 5.74) is 1.98. The van der Waals surface area contributed by atoms with E-state index in [9.17, 15) is 4.79 Å². The van der Waals surface area contributed by atoms with Crippen molar-refractivity contribution in [3.63, 3.8) is 0 Å². The maximum Gasteiger partial charge on any atom is 0.234 e. The van der Waals surface area contributed by atoms with Crippen molar-refractivity contribution >= 4 is 23.4 Å². The molecule has 1 rings (SSSR count). The molecule has 0 aliphatic rings. The molecule has 0 spiro atoms. The monoisotopic (exact) mass is 221 g/mol. The van der Waals surface area contributed by atoms with Gasteiger partial charge in [0.2, 0.25) is 5.91 Å². The van der Waals surface area contributed by atoms with Crippen LogP contribution in [-0.2, 0) is 11.2 Å². The number of nitrogens with one attached hydrogen (secondary N) is 1. The van der Waals surface area contributed by atoms with Crippen molar-refractivity contribution in [2.75, 3.05) is 17.3 Å². The van der Waals surface area contributed by atoms with Crippen molar-refractivity contribution in [1.29, 1.82) is 0 Å². The lowest BCUT2D eigenvalue weighted by atomic mass is 10.1. The predicted octanol–water partition coefficient (Wildman–Crippen LogP) is 2.72. The Morgan fingerprint density at radius 1 is 1.53 bits per heavy atom. The molecular formula is C12H15NOS. The van der Waals surface area contributed by atoms with Crippen LogP contribution in [-0.4, -0.2) is 17.9 Å². The van der Waals surface area contributed by atoms with Crippen LogP contribution in [0.25, 0.3) is 0 Å². The number of anilines is 1. The van der Waals surface area contributed by atoms with E-state index in [2.05, 4.69) is 11.9 Å². The summed E-state index contributed by atoms with van der Waals surface area (Å²) in [4.78, 5) is 11.4. The van der Waals surface area contributed by atoms with Crippen molar-refractivity contribution < 1.29 is 4.79 Å². The highest BCUT2D eigenvalue weighted by atomic mass is 32.2. The van der Waals surface area contributed by atoms with Crippen molar-refractivity contribution in [2.24, 2.45) is 0 Å². The third kappa shape index (κ3) is 3.80. The topological polar surface area (TPSA) is 29.1 Å². The lowest BCUT2D eigenvalue weighted by Crippen LogP contribution is -2.14. The average molecular weight is 221 g/mol. The summed E-state index contributed by atoms with van der Waals surface area (Å²) >= 11 is 1.52. The zero-order chi connectivity index (χ0) is 11.1. The molecule has 0 aromatic heterocycles. The van der Waals surface area contributed by atoms with Gasteiger partial charge in [-0.25, -0.2) is 0 Å². The third-order valence-corrected chi connectivity index (χ3v) is 2.48. The zero-order valence-electron chi connectivity index (χ0n) is 8.82. The average Bonchev–Trinajstić information content (AvgIpc) is 2.21. The highest BCUT2D eigenvalue weighted by Gasteiger charge is 2.04. The van der Waals surface area contributed by atoms with Crippen LogP contribution in [0, 0.1) is 0 Å². The smallest absolute Gasteiger partial charge is 0.234 e.